The third-order valence-corrected chi connectivity index (χ3v) is 6.37. The summed E-state index contributed by atoms with van der Waals surface area (Å²) in [5.74, 6) is 1.49. The van der Waals surface area contributed by atoms with Crippen LogP contribution in [0.15, 0.2) is 101 Å². The maximum atomic E-state index is 13.5. The van der Waals surface area contributed by atoms with Crippen molar-refractivity contribution in [1.29, 1.82) is 0 Å². The number of fused-ring (bicyclic) bond motifs is 2. The first-order valence-electron chi connectivity index (χ1n) is 10.6. The number of benzene rings is 4. The molecule has 0 saturated heterocycles. The lowest BCUT2D eigenvalue weighted by Crippen LogP contribution is -2.21. The van der Waals surface area contributed by atoms with Crippen molar-refractivity contribution in [2.24, 2.45) is 0 Å². The molecule has 0 bridgehead atoms. The van der Waals surface area contributed by atoms with Crippen molar-refractivity contribution in [3.8, 4) is 11.4 Å². The minimum Gasteiger partial charge on any atom is -0.494 e. The van der Waals surface area contributed by atoms with E-state index in [-0.39, 0.29) is 5.56 Å². The molecule has 0 aliphatic carbocycles. The molecule has 5 rings (SSSR count). The van der Waals surface area contributed by atoms with E-state index in [1.807, 2.05) is 61.5 Å². The Balaban J connectivity index is 1.59. The number of ether oxygens (including phenoxy) is 1. The fourth-order valence-electron chi connectivity index (χ4n) is 3.86. The molecule has 0 aliphatic rings. The zero-order chi connectivity index (χ0) is 21.9. The molecule has 0 fully saturated rings. The molecule has 0 radical (unpaired) electrons. The Morgan fingerprint density at radius 2 is 1.56 bits per heavy atom. The van der Waals surface area contributed by atoms with Gasteiger partial charge in [-0.15, -0.1) is 0 Å². The number of hydrogen-bond acceptors (Lipinski definition) is 4. The molecule has 0 unspecified atom stereocenters. The van der Waals surface area contributed by atoms with Gasteiger partial charge in [0.15, 0.2) is 5.16 Å². The van der Waals surface area contributed by atoms with E-state index in [1.54, 1.807) is 16.3 Å². The number of rotatable bonds is 6. The van der Waals surface area contributed by atoms with Crippen molar-refractivity contribution in [3.05, 3.63) is 107 Å². The van der Waals surface area contributed by atoms with E-state index in [2.05, 4.69) is 36.4 Å². The lowest BCUT2D eigenvalue weighted by Gasteiger charge is -2.14. The number of hydrogen-bond donors (Lipinski definition) is 0. The van der Waals surface area contributed by atoms with Gasteiger partial charge in [-0.25, -0.2) is 4.98 Å². The van der Waals surface area contributed by atoms with Crippen LogP contribution < -0.4 is 10.3 Å². The molecule has 1 aromatic heterocycles. The molecule has 0 N–H and O–H groups in total. The van der Waals surface area contributed by atoms with Crippen molar-refractivity contribution in [2.45, 2.75) is 17.8 Å². The lowest BCUT2D eigenvalue weighted by molar-refractivity contribution is 0.340. The van der Waals surface area contributed by atoms with Crippen molar-refractivity contribution in [3.63, 3.8) is 0 Å². The number of nitrogens with zero attached hydrogens (tertiary/aromatic N) is 2. The van der Waals surface area contributed by atoms with Gasteiger partial charge in [0.1, 0.15) is 5.75 Å². The Morgan fingerprint density at radius 1 is 0.844 bits per heavy atom. The van der Waals surface area contributed by atoms with Crippen LogP contribution in [-0.2, 0) is 5.75 Å². The highest BCUT2D eigenvalue weighted by molar-refractivity contribution is 7.98. The predicted octanol–water partition coefficient (Wildman–Crippen LogP) is 6.23. The first kappa shape index (κ1) is 20.3. The van der Waals surface area contributed by atoms with Crippen molar-refractivity contribution < 1.29 is 4.74 Å². The van der Waals surface area contributed by atoms with Gasteiger partial charge in [-0.2, -0.15) is 0 Å². The minimum absolute atomic E-state index is 0.0693. The quantitative estimate of drug-likeness (QED) is 0.233. The Bertz CT molecular complexity index is 1450. The smallest absolute Gasteiger partial charge is 0.266 e. The molecule has 0 saturated carbocycles. The molecule has 1 heterocycles. The van der Waals surface area contributed by atoms with E-state index in [0.717, 1.165) is 11.4 Å². The largest absolute Gasteiger partial charge is 0.494 e. The first-order chi connectivity index (χ1) is 15.7. The van der Waals surface area contributed by atoms with Crippen LogP contribution in [0, 0.1) is 0 Å². The van der Waals surface area contributed by atoms with E-state index in [0.29, 0.717) is 28.4 Å². The molecule has 158 valence electrons. The van der Waals surface area contributed by atoms with Crippen molar-refractivity contribution >= 4 is 33.4 Å². The van der Waals surface area contributed by atoms with Gasteiger partial charge in [0, 0.05) is 5.75 Å². The van der Waals surface area contributed by atoms with Gasteiger partial charge >= 0.3 is 0 Å². The molecule has 0 aliphatic heterocycles. The Labute approximate surface area is 190 Å². The zero-order valence-corrected chi connectivity index (χ0v) is 18.5. The average Bonchev–Trinajstić information content (AvgIpc) is 2.84. The number of aromatic nitrogens is 2. The highest BCUT2D eigenvalue weighted by Gasteiger charge is 2.14. The van der Waals surface area contributed by atoms with E-state index in [4.69, 9.17) is 9.72 Å². The fraction of sp³-hybridized carbons (Fsp3) is 0.111. The second-order valence-corrected chi connectivity index (χ2v) is 8.35. The topological polar surface area (TPSA) is 44.1 Å². The molecule has 5 aromatic rings. The number of para-hydroxylation sites is 1. The van der Waals surface area contributed by atoms with Gasteiger partial charge in [0.25, 0.3) is 5.56 Å². The van der Waals surface area contributed by atoms with Gasteiger partial charge in [-0.3, -0.25) is 9.36 Å². The molecule has 4 nitrogen and oxygen atoms in total. The van der Waals surface area contributed by atoms with Crippen molar-refractivity contribution in [2.75, 3.05) is 6.61 Å². The van der Waals surface area contributed by atoms with E-state index < -0.39 is 0 Å². The molecular formula is C27H22N2O2S. The molecule has 32 heavy (non-hydrogen) atoms. The Morgan fingerprint density at radius 3 is 2.38 bits per heavy atom. The standard InChI is InChI=1S/C27H22N2O2S/c1-2-31-22-16-14-21(15-17-22)29-26(30)24-12-5-6-13-25(24)28-27(29)32-18-20-10-7-9-19-8-3-4-11-23(19)20/h3-17H,2,18H2,1H3. The van der Waals surface area contributed by atoms with E-state index in [9.17, 15) is 4.79 Å². The van der Waals surface area contributed by atoms with Crippen LogP contribution in [0.4, 0.5) is 0 Å². The minimum atomic E-state index is -0.0693. The van der Waals surface area contributed by atoms with Gasteiger partial charge in [-0.1, -0.05) is 66.4 Å². The van der Waals surface area contributed by atoms with Crippen LogP contribution >= 0.6 is 11.8 Å². The highest BCUT2D eigenvalue weighted by Crippen LogP contribution is 2.28. The molecular weight excluding hydrogens is 416 g/mol. The van der Waals surface area contributed by atoms with Crippen LogP contribution in [0.2, 0.25) is 0 Å². The van der Waals surface area contributed by atoms with Crippen LogP contribution in [-0.4, -0.2) is 16.2 Å². The van der Waals surface area contributed by atoms with Crippen molar-refractivity contribution in [1.82, 2.24) is 9.55 Å². The summed E-state index contributed by atoms with van der Waals surface area (Å²) >= 11 is 1.57. The first-order valence-corrected chi connectivity index (χ1v) is 11.6. The second kappa shape index (κ2) is 8.89. The van der Waals surface area contributed by atoms with Crippen LogP contribution in [0.1, 0.15) is 12.5 Å². The SMILES string of the molecule is CCOc1ccc(-n2c(SCc3cccc4ccccc34)nc3ccccc3c2=O)cc1. The summed E-state index contributed by atoms with van der Waals surface area (Å²) in [6.45, 7) is 2.55. The summed E-state index contributed by atoms with van der Waals surface area (Å²) in [4.78, 5) is 18.3. The van der Waals surface area contributed by atoms with Crippen LogP contribution in [0.3, 0.4) is 0 Å². The molecule has 4 aromatic carbocycles. The normalized spacial score (nSPS) is 11.2. The molecule has 0 atom stereocenters. The van der Waals surface area contributed by atoms with Crippen LogP contribution in [0.25, 0.3) is 27.4 Å². The Kier molecular flexibility index (Phi) is 5.65. The van der Waals surface area contributed by atoms with E-state index in [1.165, 1.54) is 16.3 Å². The third kappa shape index (κ3) is 3.87. The van der Waals surface area contributed by atoms with Gasteiger partial charge in [0.05, 0.1) is 23.2 Å². The summed E-state index contributed by atoms with van der Waals surface area (Å²) in [6, 6.07) is 29.8. The Hall–Kier alpha value is -3.57. The highest BCUT2D eigenvalue weighted by atomic mass is 32.2. The van der Waals surface area contributed by atoms with Gasteiger partial charge < -0.3 is 4.74 Å². The van der Waals surface area contributed by atoms with Gasteiger partial charge in [0.2, 0.25) is 0 Å². The summed E-state index contributed by atoms with van der Waals surface area (Å²) in [5.41, 5.74) is 2.63. The lowest BCUT2D eigenvalue weighted by atomic mass is 10.1. The summed E-state index contributed by atoms with van der Waals surface area (Å²) in [7, 11) is 0. The zero-order valence-electron chi connectivity index (χ0n) is 17.7. The predicted molar refractivity (Wildman–Crippen MR) is 132 cm³/mol. The summed E-state index contributed by atoms with van der Waals surface area (Å²) in [5, 5.41) is 3.71. The fourth-order valence-corrected chi connectivity index (χ4v) is 4.87. The molecule has 5 heteroatoms. The van der Waals surface area contributed by atoms with Crippen LogP contribution in [0.5, 0.6) is 5.75 Å². The summed E-state index contributed by atoms with van der Waals surface area (Å²) < 4.78 is 7.27. The molecule has 0 amide bonds. The second-order valence-electron chi connectivity index (χ2n) is 7.41. The number of thioether (sulfide) groups is 1. The van der Waals surface area contributed by atoms with E-state index >= 15 is 0 Å². The third-order valence-electron chi connectivity index (χ3n) is 5.39. The molecule has 0 spiro atoms. The maximum Gasteiger partial charge on any atom is 0.266 e. The van der Waals surface area contributed by atoms with Gasteiger partial charge in [-0.05, 0) is 59.7 Å². The average molecular weight is 439 g/mol. The monoisotopic (exact) mass is 438 g/mol. The summed E-state index contributed by atoms with van der Waals surface area (Å²) in [6.07, 6.45) is 0. The maximum absolute atomic E-state index is 13.5.